The van der Waals surface area contributed by atoms with Crippen molar-refractivity contribution in [2.75, 3.05) is 13.1 Å². The van der Waals surface area contributed by atoms with Gasteiger partial charge in [-0.3, -0.25) is 4.57 Å². The zero-order valence-corrected chi connectivity index (χ0v) is 14.6. The summed E-state index contributed by atoms with van der Waals surface area (Å²) < 4.78 is 7.26. The van der Waals surface area contributed by atoms with Crippen LogP contribution in [-0.2, 0) is 0 Å². The smallest absolute Gasteiger partial charge is 0.330 e. The second-order valence-corrected chi connectivity index (χ2v) is 7.44. The highest BCUT2D eigenvalue weighted by Crippen LogP contribution is 2.44. The number of hydrogen-bond acceptors (Lipinski definition) is 5. The number of fused-ring (bicyclic) bond motifs is 2. The lowest BCUT2D eigenvalue weighted by Crippen LogP contribution is -2.31. The van der Waals surface area contributed by atoms with Crippen LogP contribution in [0.25, 0.3) is 17.1 Å². The van der Waals surface area contributed by atoms with Crippen LogP contribution in [0.4, 0.5) is 0 Å². The molecule has 1 aliphatic heterocycles. The van der Waals surface area contributed by atoms with E-state index in [9.17, 15) is 4.79 Å². The highest BCUT2D eigenvalue weighted by atomic mass is 16.5. The van der Waals surface area contributed by atoms with Gasteiger partial charge in [0.1, 0.15) is 0 Å². The van der Waals surface area contributed by atoms with Gasteiger partial charge in [-0.25, -0.2) is 4.79 Å². The van der Waals surface area contributed by atoms with Gasteiger partial charge in [-0.1, -0.05) is 17.3 Å². The van der Waals surface area contributed by atoms with Gasteiger partial charge >= 0.3 is 5.69 Å². The summed E-state index contributed by atoms with van der Waals surface area (Å²) >= 11 is 0. The molecule has 2 N–H and O–H groups in total. The van der Waals surface area contributed by atoms with Crippen molar-refractivity contribution in [2.24, 2.45) is 11.8 Å². The minimum absolute atomic E-state index is 0.154. The molecule has 2 bridgehead atoms. The van der Waals surface area contributed by atoms with Crippen LogP contribution in [0.2, 0.25) is 0 Å². The van der Waals surface area contributed by atoms with Crippen molar-refractivity contribution in [3.05, 3.63) is 52.5 Å². The summed E-state index contributed by atoms with van der Waals surface area (Å²) in [6, 6.07) is 7.68. The fourth-order valence-electron chi connectivity index (χ4n) is 4.47. The number of aryl methyl sites for hydroxylation is 1. The number of nitrogens with one attached hydrogen (secondary N) is 2. The molecule has 26 heavy (non-hydrogen) atoms. The Morgan fingerprint density at radius 1 is 1.27 bits per heavy atom. The maximum absolute atomic E-state index is 12.0. The number of aromatic amines is 1. The van der Waals surface area contributed by atoms with Gasteiger partial charge in [0, 0.05) is 23.4 Å². The molecule has 0 spiro atoms. The number of piperidine rings is 1. The Morgan fingerprint density at radius 2 is 2.19 bits per heavy atom. The number of nitrogens with zero attached hydrogens (tertiary/aromatic N) is 3. The van der Waals surface area contributed by atoms with Crippen molar-refractivity contribution in [3.63, 3.8) is 0 Å². The summed E-state index contributed by atoms with van der Waals surface area (Å²) in [4.78, 5) is 19.4. The number of imidazole rings is 1. The minimum atomic E-state index is -0.154. The molecule has 5 rings (SSSR count). The average Bonchev–Trinajstić information content (AvgIpc) is 3.33. The second-order valence-electron chi connectivity index (χ2n) is 7.44. The second kappa shape index (κ2) is 5.95. The molecule has 3 aromatic rings. The molecule has 2 aromatic heterocycles. The third kappa shape index (κ3) is 2.50. The molecule has 0 amide bonds. The first-order valence-electron chi connectivity index (χ1n) is 9.11. The average molecular weight is 351 g/mol. The van der Waals surface area contributed by atoms with Gasteiger partial charge < -0.3 is 14.8 Å². The van der Waals surface area contributed by atoms with Crippen LogP contribution in [0.3, 0.4) is 0 Å². The minimum Gasteiger partial charge on any atom is -0.339 e. The van der Waals surface area contributed by atoms with E-state index in [1.807, 2.05) is 31.2 Å². The molecule has 2 aliphatic rings. The van der Waals surface area contributed by atoms with Gasteiger partial charge in [-0.2, -0.15) is 4.98 Å². The van der Waals surface area contributed by atoms with Crippen molar-refractivity contribution in [2.45, 2.75) is 25.7 Å². The highest BCUT2D eigenvalue weighted by Gasteiger charge is 2.40. The Kier molecular flexibility index (Phi) is 3.56. The molecule has 3 heterocycles. The molecular formula is C19H21N5O2. The van der Waals surface area contributed by atoms with Crippen molar-refractivity contribution in [1.29, 1.82) is 0 Å². The van der Waals surface area contributed by atoms with Crippen LogP contribution in [-0.4, -0.2) is 32.8 Å². The molecule has 1 aliphatic carbocycles. The van der Waals surface area contributed by atoms with Gasteiger partial charge in [0.15, 0.2) is 0 Å². The third-order valence-corrected chi connectivity index (χ3v) is 5.71. The van der Waals surface area contributed by atoms with E-state index < -0.39 is 0 Å². The van der Waals surface area contributed by atoms with E-state index in [0.29, 0.717) is 17.7 Å². The third-order valence-electron chi connectivity index (χ3n) is 5.71. The summed E-state index contributed by atoms with van der Waals surface area (Å²) in [7, 11) is 0. The van der Waals surface area contributed by atoms with E-state index in [0.717, 1.165) is 48.3 Å². The lowest BCUT2D eigenvalue weighted by Gasteiger charge is -2.20. The monoisotopic (exact) mass is 351 g/mol. The first-order chi connectivity index (χ1) is 12.7. The molecule has 3 unspecified atom stereocenters. The van der Waals surface area contributed by atoms with Crippen molar-refractivity contribution in [1.82, 2.24) is 25.0 Å². The summed E-state index contributed by atoms with van der Waals surface area (Å²) in [6.07, 6.45) is 4.07. The number of benzene rings is 1. The summed E-state index contributed by atoms with van der Waals surface area (Å²) in [6.45, 7) is 4.02. The number of rotatable bonds is 3. The Morgan fingerprint density at radius 3 is 3.00 bits per heavy atom. The zero-order valence-electron chi connectivity index (χ0n) is 14.6. The van der Waals surface area contributed by atoms with Gasteiger partial charge in [0.05, 0.1) is 5.69 Å². The molecular weight excluding hydrogens is 330 g/mol. The van der Waals surface area contributed by atoms with E-state index in [-0.39, 0.29) is 5.69 Å². The molecule has 1 saturated heterocycles. The number of hydrogen-bond donors (Lipinski definition) is 2. The largest absolute Gasteiger partial charge is 0.339 e. The fraction of sp³-hybridized carbons (Fsp3) is 0.421. The fourth-order valence-corrected chi connectivity index (χ4v) is 4.47. The first kappa shape index (κ1) is 15.6. The highest BCUT2D eigenvalue weighted by molar-refractivity contribution is 5.58. The van der Waals surface area contributed by atoms with Crippen LogP contribution in [0, 0.1) is 18.8 Å². The predicted molar refractivity (Wildman–Crippen MR) is 96.2 cm³/mol. The molecule has 1 saturated carbocycles. The van der Waals surface area contributed by atoms with E-state index in [1.165, 1.54) is 6.42 Å². The zero-order chi connectivity index (χ0) is 17.7. The van der Waals surface area contributed by atoms with Crippen LogP contribution in [0.1, 0.15) is 30.3 Å². The molecule has 2 fully saturated rings. The van der Waals surface area contributed by atoms with Crippen LogP contribution < -0.4 is 11.0 Å². The predicted octanol–water partition coefficient (Wildman–Crippen LogP) is 2.24. The molecule has 7 heteroatoms. The Labute approximate surface area is 150 Å². The Balaban J connectivity index is 1.47. The normalized spacial score (nSPS) is 24.9. The first-order valence-corrected chi connectivity index (χ1v) is 9.11. The maximum Gasteiger partial charge on any atom is 0.330 e. The van der Waals surface area contributed by atoms with Crippen LogP contribution in [0.15, 0.2) is 39.8 Å². The van der Waals surface area contributed by atoms with Crippen molar-refractivity contribution >= 4 is 0 Å². The van der Waals surface area contributed by atoms with Crippen molar-refractivity contribution < 1.29 is 4.52 Å². The lowest BCUT2D eigenvalue weighted by molar-refractivity contribution is 0.315. The molecule has 3 atom stereocenters. The maximum atomic E-state index is 12.0. The lowest BCUT2D eigenvalue weighted by atomic mass is 9.95. The van der Waals surface area contributed by atoms with E-state index in [2.05, 4.69) is 20.4 Å². The van der Waals surface area contributed by atoms with E-state index in [1.54, 1.807) is 10.8 Å². The van der Waals surface area contributed by atoms with Gasteiger partial charge in [-0.15, -0.1) is 0 Å². The molecule has 7 nitrogen and oxygen atoms in total. The van der Waals surface area contributed by atoms with Gasteiger partial charge in [-0.05, 0) is 56.8 Å². The van der Waals surface area contributed by atoms with Gasteiger partial charge in [0.25, 0.3) is 0 Å². The van der Waals surface area contributed by atoms with E-state index >= 15 is 0 Å². The SMILES string of the molecule is Cc1c[nH]c(=O)n1-c1cccc(-c2noc(C3CC4CNCC3C4)n2)c1. The molecule has 0 radical (unpaired) electrons. The van der Waals surface area contributed by atoms with Gasteiger partial charge in [0.2, 0.25) is 11.7 Å². The van der Waals surface area contributed by atoms with Crippen molar-refractivity contribution in [3.8, 4) is 17.1 Å². The summed E-state index contributed by atoms with van der Waals surface area (Å²) in [5.41, 5.74) is 2.34. The van der Waals surface area contributed by atoms with Crippen LogP contribution in [0.5, 0.6) is 0 Å². The standard InChI is InChI=1S/C19H21N5O2/c1-11-8-21-19(25)24(11)15-4-2-3-13(7-15)17-22-18(26-23-17)16-6-12-5-14(16)10-20-9-12/h2-4,7-8,12,14,16,20H,5-6,9-10H2,1H3,(H,21,25). The number of H-pyrrole nitrogens is 1. The quantitative estimate of drug-likeness (QED) is 0.755. The van der Waals surface area contributed by atoms with Crippen LogP contribution >= 0.6 is 0 Å². The Bertz CT molecular complexity index is 1000. The molecule has 134 valence electrons. The summed E-state index contributed by atoms with van der Waals surface area (Å²) in [5, 5.41) is 7.70. The molecule has 1 aromatic carbocycles. The number of aromatic nitrogens is 4. The summed E-state index contributed by atoms with van der Waals surface area (Å²) in [5.74, 6) is 3.00. The Hall–Kier alpha value is -2.67. The van der Waals surface area contributed by atoms with E-state index in [4.69, 9.17) is 4.52 Å². The topological polar surface area (TPSA) is 88.7 Å².